The maximum absolute atomic E-state index is 12.3. The zero-order valence-electron chi connectivity index (χ0n) is 13.6. The number of amides is 1. The molecule has 1 saturated heterocycles. The highest BCUT2D eigenvalue weighted by molar-refractivity contribution is 7.99. The highest BCUT2D eigenvalue weighted by Gasteiger charge is 2.21. The SMILES string of the molecule is Cn1cnnc1SCC(=O)N1CCN(Cc2cccc(Cl)c2)CC1. The van der Waals surface area contributed by atoms with Gasteiger partial charge in [0.1, 0.15) is 6.33 Å². The summed E-state index contributed by atoms with van der Waals surface area (Å²) in [7, 11) is 1.88. The third-order valence-electron chi connectivity index (χ3n) is 4.01. The van der Waals surface area contributed by atoms with E-state index in [2.05, 4.69) is 21.2 Å². The van der Waals surface area contributed by atoms with Crippen molar-refractivity contribution in [2.75, 3.05) is 31.9 Å². The first-order valence-electron chi connectivity index (χ1n) is 7.83. The molecule has 8 heteroatoms. The average molecular weight is 366 g/mol. The van der Waals surface area contributed by atoms with Gasteiger partial charge in [0.05, 0.1) is 5.75 Å². The van der Waals surface area contributed by atoms with E-state index in [-0.39, 0.29) is 5.91 Å². The minimum absolute atomic E-state index is 0.158. The lowest BCUT2D eigenvalue weighted by Crippen LogP contribution is -2.48. The number of piperazine rings is 1. The fourth-order valence-electron chi connectivity index (χ4n) is 2.67. The molecule has 0 radical (unpaired) electrons. The Bertz CT molecular complexity index is 699. The number of aryl methyl sites for hydroxylation is 1. The number of carbonyl (C=O) groups excluding carboxylic acids is 1. The van der Waals surface area contributed by atoms with Gasteiger partial charge in [-0.3, -0.25) is 9.69 Å². The highest BCUT2D eigenvalue weighted by Crippen LogP contribution is 2.16. The first-order chi connectivity index (χ1) is 11.6. The van der Waals surface area contributed by atoms with Crippen LogP contribution in [0.5, 0.6) is 0 Å². The van der Waals surface area contributed by atoms with Crippen molar-refractivity contribution >= 4 is 29.3 Å². The van der Waals surface area contributed by atoms with Crippen molar-refractivity contribution in [2.45, 2.75) is 11.7 Å². The molecule has 0 bridgehead atoms. The summed E-state index contributed by atoms with van der Waals surface area (Å²) in [5.41, 5.74) is 1.21. The van der Waals surface area contributed by atoms with Gasteiger partial charge >= 0.3 is 0 Å². The number of rotatable bonds is 5. The monoisotopic (exact) mass is 365 g/mol. The van der Waals surface area contributed by atoms with Gasteiger partial charge in [-0.2, -0.15) is 0 Å². The summed E-state index contributed by atoms with van der Waals surface area (Å²) in [4.78, 5) is 16.6. The number of nitrogens with zero attached hydrogens (tertiary/aromatic N) is 5. The van der Waals surface area contributed by atoms with Gasteiger partial charge in [-0.25, -0.2) is 0 Å². The van der Waals surface area contributed by atoms with E-state index in [4.69, 9.17) is 11.6 Å². The number of thioether (sulfide) groups is 1. The fourth-order valence-corrected chi connectivity index (χ4v) is 3.67. The quantitative estimate of drug-likeness (QED) is 0.757. The van der Waals surface area contributed by atoms with Crippen molar-refractivity contribution < 1.29 is 4.79 Å². The van der Waals surface area contributed by atoms with Gasteiger partial charge in [0.2, 0.25) is 5.91 Å². The number of carbonyl (C=O) groups is 1. The maximum Gasteiger partial charge on any atom is 0.233 e. The summed E-state index contributed by atoms with van der Waals surface area (Å²) in [6.07, 6.45) is 1.64. The van der Waals surface area contributed by atoms with Crippen LogP contribution in [0, 0.1) is 0 Å². The van der Waals surface area contributed by atoms with Gasteiger partial charge in [-0.15, -0.1) is 10.2 Å². The predicted molar refractivity (Wildman–Crippen MR) is 95.0 cm³/mol. The summed E-state index contributed by atoms with van der Waals surface area (Å²) in [6.45, 7) is 4.16. The van der Waals surface area contributed by atoms with E-state index in [1.807, 2.05) is 34.7 Å². The van der Waals surface area contributed by atoms with E-state index in [9.17, 15) is 4.79 Å². The molecule has 1 aliphatic rings. The summed E-state index contributed by atoms with van der Waals surface area (Å²) < 4.78 is 1.82. The molecule has 1 aliphatic heterocycles. The Hall–Kier alpha value is -1.57. The summed E-state index contributed by atoms with van der Waals surface area (Å²) in [5.74, 6) is 0.561. The van der Waals surface area contributed by atoms with E-state index in [1.54, 1.807) is 6.33 Å². The van der Waals surface area contributed by atoms with Gasteiger partial charge in [0.15, 0.2) is 5.16 Å². The summed E-state index contributed by atoms with van der Waals surface area (Å²) >= 11 is 7.46. The minimum atomic E-state index is 0.158. The average Bonchev–Trinajstić information content (AvgIpc) is 2.98. The van der Waals surface area contributed by atoms with Crippen LogP contribution in [-0.4, -0.2) is 62.4 Å². The van der Waals surface area contributed by atoms with Crippen LogP contribution >= 0.6 is 23.4 Å². The van der Waals surface area contributed by atoms with Crippen molar-refractivity contribution in [3.8, 4) is 0 Å². The molecule has 2 heterocycles. The van der Waals surface area contributed by atoms with Crippen LogP contribution in [-0.2, 0) is 18.4 Å². The predicted octanol–water partition coefficient (Wildman–Crippen LogP) is 1.90. The lowest BCUT2D eigenvalue weighted by Gasteiger charge is -2.34. The van der Waals surface area contributed by atoms with Gasteiger partial charge in [-0.05, 0) is 17.7 Å². The smallest absolute Gasteiger partial charge is 0.233 e. The molecule has 1 fully saturated rings. The van der Waals surface area contributed by atoms with Gasteiger partial charge in [0.25, 0.3) is 0 Å². The van der Waals surface area contributed by atoms with Crippen LogP contribution in [0.1, 0.15) is 5.56 Å². The number of benzene rings is 1. The number of hydrogen-bond donors (Lipinski definition) is 0. The molecule has 6 nitrogen and oxygen atoms in total. The minimum Gasteiger partial charge on any atom is -0.339 e. The molecule has 128 valence electrons. The molecular weight excluding hydrogens is 346 g/mol. The van der Waals surface area contributed by atoms with Crippen molar-refractivity contribution in [1.82, 2.24) is 24.6 Å². The van der Waals surface area contributed by atoms with Crippen LogP contribution in [0.15, 0.2) is 35.7 Å². The van der Waals surface area contributed by atoms with E-state index in [1.165, 1.54) is 17.3 Å². The van der Waals surface area contributed by atoms with E-state index in [0.717, 1.165) is 42.9 Å². The molecular formula is C16H20ClN5OS. The lowest BCUT2D eigenvalue weighted by atomic mass is 10.2. The second kappa shape index (κ2) is 8.00. The van der Waals surface area contributed by atoms with Gasteiger partial charge in [0, 0.05) is 44.8 Å². The molecule has 1 amide bonds. The number of hydrogen-bond acceptors (Lipinski definition) is 5. The standard InChI is InChI=1S/C16H20ClN5OS/c1-20-12-18-19-16(20)24-11-15(23)22-7-5-21(6-8-22)10-13-3-2-4-14(17)9-13/h2-4,9,12H,5-8,10-11H2,1H3. The Balaban J connectivity index is 1.44. The van der Waals surface area contributed by atoms with E-state index in [0.29, 0.717) is 5.75 Å². The van der Waals surface area contributed by atoms with E-state index < -0.39 is 0 Å². The molecule has 2 aromatic rings. The topological polar surface area (TPSA) is 54.3 Å². The molecule has 0 saturated carbocycles. The van der Waals surface area contributed by atoms with Crippen molar-refractivity contribution in [3.63, 3.8) is 0 Å². The van der Waals surface area contributed by atoms with Crippen LogP contribution in [0.3, 0.4) is 0 Å². The molecule has 1 aromatic carbocycles. The molecule has 0 aliphatic carbocycles. The molecule has 1 aromatic heterocycles. The Morgan fingerprint density at radius 1 is 1.29 bits per heavy atom. The first kappa shape index (κ1) is 17.3. The van der Waals surface area contributed by atoms with Gasteiger partial charge in [-0.1, -0.05) is 35.5 Å². The van der Waals surface area contributed by atoms with Crippen LogP contribution in [0.2, 0.25) is 5.02 Å². The highest BCUT2D eigenvalue weighted by atomic mass is 35.5. The van der Waals surface area contributed by atoms with Crippen molar-refractivity contribution in [3.05, 3.63) is 41.2 Å². The summed E-state index contributed by atoms with van der Waals surface area (Å²) in [6, 6.07) is 7.94. The number of aromatic nitrogens is 3. The summed E-state index contributed by atoms with van der Waals surface area (Å²) in [5, 5.41) is 9.34. The van der Waals surface area contributed by atoms with E-state index >= 15 is 0 Å². The Labute approximate surface area is 150 Å². The third-order valence-corrected chi connectivity index (χ3v) is 5.27. The lowest BCUT2D eigenvalue weighted by molar-refractivity contribution is -0.130. The molecule has 0 atom stereocenters. The fraction of sp³-hybridized carbons (Fsp3) is 0.438. The molecule has 3 rings (SSSR count). The Kier molecular flexibility index (Phi) is 5.76. The Morgan fingerprint density at radius 2 is 2.08 bits per heavy atom. The largest absolute Gasteiger partial charge is 0.339 e. The first-order valence-corrected chi connectivity index (χ1v) is 9.19. The molecule has 0 unspecified atom stereocenters. The molecule has 24 heavy (non-hydrogen) atoms. The zero-order chi connectivity index (χ0) is 16.9. The number of halogens is 1. The second-order valence-corrected chi connectivity index (χ2v) is 7.18. The molecule has 0 N–H and O–H groups in total. The normalized spacial score (nSPS) is 15.7. The van der Waals surface area contributed by atoms with Gasteiger partial charge < -0.3 is 9.47 Å². The van der Waals surface area contributed by atoms with Crippen molar-refractivity contribution in [2.24, 2.45) is 7.05 Å². The van der Waals surface area contributed by atoms with Crippen LogP contribution in [0.4, 0.5) is 0 Å². The van der Waals surface area contributed by atoms with Crippen molar-refractivity contribution in [1.29, 1.82) is 0 Å². The Morgan fingerprint density at radius 3 is 2.75 bits per heavy atom. The molecule has 0 spiro atoms. The van der Waals surface area contributed by atoms with Crippen LogP contribution < -0.4 is 0 Å². The second-order valence-electron chi connectivity index (χ2n) is 5.80. The zero-order valence-corrected chi connectivity index (χ0v) is 15.1. The maximum atomic E-state index is 12.3. The third kappa shape index (κ3) is 4.49. The van der Waals surface area contributed by atoms with Crippen LogP contribution in [0.25, 0.3) is 0 Å².